The molecule has 2 heterocycles. The summed E-state index contributed by atoms with van der Waals surface area (Å²) in [5.41, 5.74) is 0.635. The maximum atomic E-state index is 13.4. The first-order valence-corrected chi connectivity index (χ1v) is 10.0. The van der Waals surface area contributed by atoms with Gasteiger partial charge < -0.3 is 9.32 Å². The molecule has 1 aromatic heterocycles. The molecule has 1 aliphatic rings. The zero-order valence-corrected chi connectivity index (χ0v) is 16.5. The van der Waals surface area contributed by atoms with Crippen molar-refractivity contribution in [3.8, 4) is 11.1 Å². The zero-order valence-electron chi connectivity index (χ0n) is 15.8. The van der Waals surface area contributed by atoms with Crippen LogP contribution in [0.15, 0.2) is 51.7 Å². The van der Waals surface area contributed by atoms with E-state index in [-0.39, 0.29) is 22.8 Å². The van der Waals surface area contributed by atoms with Gasteiger partial charge in [-0.15, -0.1) is 0 Å². The van der Waals surface area contributed by atoms with Crippen molar-refractivity contribution < 1.29 is 18.5 Å². The van der Waals surface area contributed by atoms with Gasteiger partial charge in [0.15, 0.2) is 6.54 Å². The number of quaternary nitrogens is 1. The van der Waals surface area contributed by atoms with Crippen molar-refractivity contribution in [1.29, 1.82) is 0 Å². The molecule has 0 unspecified atom stereocenters. The Hall–Kier alpha value is -2.70. The number of nitrogens with one attached hydrogen (secondary N) is 2. The molecule has 150 valence electrons. The van der Waals surface area contributed by atoms with E-state index in [9.17, 15) is 14.0 Å². The van der Waals surface area contributed by atoms with Gasteiger partial charge in [0.05, 0.1) is 24.0 Å². The van der Waals surface area contributed by atoms with Crippen LogP contribution in [0.3, 0.4) is 0 Å². The number of carbonyl (C=O) groups excluding carboxylic acids is 1. The Morgan fingerprint density at radius 3 is 2.55 bits per heavy atom. The van der Waals surface area contributed by atoms with E-state index in [0.29, 0.717) is 28.1 Å². The molecule has 2 aromatic carbocycles. The van der Waals surface area contributed by atoms with Crippen molar-refractivity contribution in [2.75, 3.05) is 25.0 Å². The van der Waals surface area contributed by atoms with Crippen LogP contribution in [0, 0.1) is 5.82 Å². The van der Waals surface area contributed by atoms with Crippen molar-refractivity contribution in [3.05, 3.63) is 63.5 Å². The van der Waals surface area contributed by atoms with Crippen LogP contribution in [-0.2, 0) is 4.79 Å². The number of hydrogen-bond donors (Lipinski definition) is 2. The van der Waals surface area contributed by atoms with E-state index in [0.717, 1.165) is 25.9 Å². The van der Waals surface area contributed by atoms with Crippen molar-refractivity contribution in [2.45, 2.75) is 19.3 Å². The van der Waals surface area contributed by atoms with Crippen LogP contribution in [0.5, 0.6) is 0 Å². The zero-order chi connectivity index (χ0) is 20.4. The topological polar surface area (TPSA) is 63.8 Å². The number of anilines is 1. The molecule has 0 aliphatic carbocycles. The summed E-state index contributed by atoms with van der Waals surface area (Å²) in [5, 5.41) is 3.47. The number of benzene rings is 2. The highest BCUT2D eigenvalue weighted by atomic mass is 35.5. The van der Waals surface area contributed by atoms with Gasteiger partial charge in [-0.2, -0.15) is 0 Å². The first-order chi connectivity index (χ1) is 14.0. The molecule has 29 heavy (non-hydrogen) atoms. The molecule has 1 aliphatic heterocycles. The molecule has 0 saturated carbocycles. The van der Waals surface area contributed by atoms with Crippen LogP contribution in [0.2, 0.25) is 5.02 Å². The van der Waals surface area contributed by atoms with Gasteiger partial charge in [0.25, 0.3) is 5.91 Å². The third kappa shape index (κ3) is 4.33. The van der Waals surface area contributed by atoms with Crippen LogP contribution in [0.1, 0.15) is 19.3 Å². The second-order valence-corrected chi connectivity index (χ2v) is 7.75. The lowest BCUT2D eigenvalue weighted by Gasteiger charge is -2.22. The lowest BCUT2D eigenvalue weighted by molar-refractivity contribution is -0.896. The number of hydrogen-bond acceptors (Lipinski definition) is 3. The number of halogens is 2. The number of amides is 1. The van der Waals surface area contributed by atoms with Crippen molar-refractivity contribution in [2.24, 2.45) is 0 Å². The first kappa shape index (κ1) is 19.6. The summed E-state index contributed by atoms with van der Waals surface area (Å²) < 4.78 is 19.3. The van der Waals surface area contributed by atoms with Gasteiger partial charge in [-0.05, 0) is 55.2 Å². The summed E-state index contributed by atoms with van der Waals surface area (Å²) in [6, 6.07) is 10.3. The normalized spacial score (nSPS) is 14.8. The highest BCUT2D eigenvalue weighted by Crippen LogP contribution is 2.29. The average Bonchev–Trinajstić information content (AvgIpc) is 2.71. The minimum absolute atomic E-state index is 0.0674. The van der Waals surface area contributed by atoms with Gasteiger partial charge >= 0.3 is 0 Å². The van der Waals surface area contributed by atoms with Crippen LogP contribution in [0.25, 0.3) is 22.1 Å². The Labute approximate surface area is 172 Å². The Bertz CT molecular complexity index is 1110. The maximum absolute atomic E-state index is 13.4. The first-order valence-electron chi connectivity index (χ1n) is 9.67. The summed E-state index contributed by atoms with van der Waals surface area (Å²) in [5.74, 6) is -0.569. The molecule has 3 aromatic rings. The quantitative estimate of drug-likeness (QED) is 0.687. The van der Waals surface area contributed by atoms with E-state index in [1.54, 1.807) is 12.1 Å². The molecule has 0 bridgehead atoms. The Balaban J connectivity index is 1.75. The summed E-state index contributed by atoms with van der Waals surface area (Å²) in [4.78, 5) is 27.0. The second kappa shape index (κ2) is 8.35. The molecule has 7 heteroatoms. The molecule has 1 fully saturated rings. The van der Waals surface area contributed by atoms with Crippen molar-refractivity contribution in [3.63, 3.8) is 0 Å². The lowest BCUT2D eigenvalue weighted by atomic mass is 10.0. The molecule has 0 radical (unpaired) electrons. The fraction of sp³-hybridized carbons (Fsp3) is 0.273. The van der Waals surface area contributed by atoms with Crippen LogP contribution in [-0.4, -0.2) is 25.5 Å². The van der Waals surface area contributed by atoms with Gasteiger partial charge in [0.1, 0.15) is 11.4 Å². The predicted molar refractivity (Wildman–Crippen MR) is 111 cm³/mol. The van der Waals surface area contributed by atoms with Gasteiger partial charge in [-0.25, -0.2) is 4.39 Å². The monoisotopic (exact) mass is 415 g/mol. The molecular weight excluding hydrogens is 395 g/mol. The molecule has 0 spiro atoms. The Morgan fingerprint density at radius 1 is 1.10 bits per heavy atom. The van der Waals surface area contributed by atoms with E-state index >= 15 is 0 Å². The Kier molecular flexibility index (Phi) is 5.65. The van der Waals surface area contributed by atoms with Crippen LogP contribution < -0.4 is 15.6 Å². The van der Waals surface area contributed by atoms with E-state index in [2.05, 4.69) is 5.32 Å². The fourth-order valence-corrected chi connectivity index (χ4v) is 3.93. The van der Waals surface area contributed by atoms with Gasteiger partial charge in [-0.1, -0.05) is 23.7 Å². The predicted octanol–water partition coefficient (Wildman–Crippen LogP) is 3.26. The highest BCUT2D eigenvalue weighted by Gasteiger charge is 2.22. The summed E-state index contributed by atoms with van der Waals surface area (Å²) in [7, 11) is 0. The van der Waals surface area contributed by atoms with E-state index in [1.807, 2.05) is 0 Å². The standard InChI is InChI=1S/C22H20ClFN2O3/c23-15-6-9-18-17(12-15)21(28)20(14-4-7-16(24)8-5-14)22(29-18)25-19(27)13-26-10-2-1-3-11-26/h4-9,12H,1-3,10-11,13H2,(H,25,27)/p+1. The molecule has 2 N–H and O–H groups in total. The van der Waals surface area contributed by atoms with Crippen molar-refractivity contribution >= 4 is 34.4 Å². The third-order valence-electron chi connectivity index (χ3n) is 5.21. The van der Waals surface area contributed by atoms with Gasteiger partial charge in [0.2, 0.25) is 11.3 Å². The maximum Gasteiger partial charge on any atom is 0.281 e. The summed E-state index contributed by atoms with van der Waals surface area (Å²) in [6.07, 6.45) is 3.41. The molecule has 0 atom stereocenters. The minimum atomic E-state index is -0.416. The minimum Gasteiger partial charge on any atom is -0.439 e. The molecule has 5 nitrogen and oxygen atoms in total. The number of likely N-dealkylation sites (tertiary alicyclic amines) is 1. The SMILES string of the molecule is O=C(C[NH+]1CCCCC1)Nc1oc2ccc(Cl)cc2c(=O)c1-c1ccc(F)cc1. The highest BCUT2D eigenvalue weighted by molar-refractivity contribution is 6.31. The smallest absolute Gasteiger partial charge is 0.281 e. The second-order valence-electron chi connectivity index (χ2n) is 7.32. The molecule has 4 rings (SSSR count). The third-order valence-corrected chi connectivity index (χ3v) is 5.44. The van der Waals surface area contributed by atoms with Gasteiger partial charge in [-0.3, -0.25) is 14.9 Å². The summed E-state index contributed by atoms with van der Waals surface area (Å²) >= 11 is 6.04. The van der Waals surface area contributed by atoms with Crippen LogP contribution in [0.4, 0.5) is 10.3 Å². The Morgan fingerprint density at radius 2 is 1.83 bits per heavy atom. The number of rotatable bonds is 4. The van der Waals surface area contributed by atoms with Gasteiger partial charge in [0, 0.05) is 5.02 Å². The molecular formula is C22H21ClFN2O3+. The number of carbonyl (C=O) groups is 1. The average molecular weight is 416 g/mol. The number of fused-ring (bicyclic) bond motifs is 1. The van der Waals surface area contributed by atoms with E-state index in [1.165, 1.54) is 41.7 Å². The fourth-order valence-electron chi connectivity index (χ4n) is 3.76. The van der Waals surface area contributed by atoms with Crippen LogP contribution >= 0.6 is 11.6 Å². The van der Waals surface area contributed by atoms with E-state index < -0.39 is 5.82 Å². The lowest BCUT2D eigenvalue weighted by Crippen LogP contribution is -3.13. The molecule has 1 amide bonds. The number of piperidine rings is 1. The van der Waals surface area contributed by atoms with Crippen molar-refractivity contribution in [1.82, 2.24) is 0 Å². The van der Waals surface area contributed by atoms with E-state index in [4.69, 9.17) is 16.0 Å². The summed E-state index contributed by atoms with van der Waals surface area (Å²) in [6.45, 7) is 2.22. The largest absolute Gasteiger partial charge is 0.439 e. The molecule has 1 saturated heterocycles.